The summed E-state index contributed by atoms with van der Waals surface area (Å²) in [4.78, 5) is 2.28. The second-order valence-corrected chi connectivity index (χ2v) is 3.72. The molecule has 1 heteroatoms. The van der Waals surface area contributed by atoms with E-state index in [0.29, 0.717) is 6.04 Å². The molecular weight excluding hydrogens is 182 g/mol. The summed E-state index contributed by atoms with van der Waals surface area (Å²) in [7, 11) is 2.13. The van der Waals surface area contributed by atoms with Crippen molar-refractivity contribution in [3.63, 3.8) is 0 Å². The minimum absolute atomic E-state index is 0.562. The molecule has 0 saturated carbocycles. The molecule has 0 aliphatic heterocycles. The van der Waals surface area contributed by atoms with Crippen molar-refractivity contribution in [2.45, 2.75) is 47.1 Å². The molecule has 0 N–H and O–H groups in total. The quantitative estimate of drug-likeness (QED) is 0.720. The van der Waals surface area contributed by atoms with Crippen molar-refractivity contribution in [2.24, 2.45) is 0 Å². The fourth-order valence-corrected chi connectivity index (χ4v) is 1.26. The molecule has 1 rings (SSSR count). The van der Waals surface area contributed by atoms with Crippen molar-refractivity contribution in [2.75, 3.05) is 11.9 Å². The summed E-state index contributed by atoms with van der Waals surface area (Å²) in [5.41, 5.74) is 2.70. The molecule has 0 aliphatic carbocycles. The summed E-state index contributed by atoms with van der Waals surface area (Å²) in [5, 5.41) is 0. The Balaban J connectivity index is 0.000000921. The van der Waals surface area contributed by atoms with E-state index in [0.717, 1.165) is 6.42 Å². The van der Waals surface area contributed by atoms with Crippen molar-refractivity contribution < 1.29 is 0 Å². The minimum atomic E-state index is 0.562. The number of hydrogen-bond donors (Lipinski definition) is 0. The topological polar surface area (TPSA) is 3.24 Å². The Labute approximate surface area is 95.1 Å². The Hall–Kier alpha value is -0.980. The van der Waals surface area contributed by atoms with E-state index in [9.17, 15) is 0 Å². The van der Waals surface area contributed by atoms with Gasteiger partial charge < -0.3 is 4.90 Å². The van der Waals surface area contributed by atoms with Gasteiger partial charge in [-0.2, -0.15) is 0 Å². The number of hydrogen-bond acceptors (Lipinski definition) is 1. The van der Waals surface area contributed by atoms with Gasteiger partial charge in [0.1, 0.15) is 0 Å². The first-order valence-electron chi connectivity index (χ1n) is 5.97. The summed E-state index contributed by atoms with van der Waals surface area (Å²) >= 11 is 0. The fourth-order valence-electron chi connectivity index (χ4n) is 1.26. The van der Waals surface area contributed by atoms with Crippen molar-refractivity contribution in [1.29, 1.82) is 0 Å². The van der Waals surface area contributed by atoms with E-state index in [-0.39, 0.29) is 0 Å². The molecule has 0 atom stereocenters. The standard InChI is InChI=1S/C12H19N.C2H6/c1-5-11-6-8-12(9-7-11)13(4)10(2)3;1-2/h6-10H,5H2,1-4H3;1-2H3. The normalized spacial score (nSPS) is 9.53. The van der Waals surface area contributed by atoms with Gasteiger partial charge >= 0.3 is 0 Å². The van der Waals surface area contributed by atoms with Crippen molar-refractivity contribution in [1.82, 2.24) is 0 Å². The van der Waals surface area contributed by atoms with E-state index in [1.165, 1.54) is 11.3 Å². The molecule has 1 aromatic rings. The van der Waals surface area contributed by atoms with Gasteiger partial charge in [-0.3, -0.25) is 0 Å². The third-order valence-corrected chi connectivity index (χ3v) is 2.53. The molecule has 0 fully saturated rings. The molecule has 0 aromatic heterocycles. The predicted octanol–water partition coefficient (Wildman–Crippen LogP) is 4.12. The zero-order chi connectivity index (χ0) is 11.8. The van der Waals surface area contributed by atoms with Gasteiger partial charge in [-0.05, 0) is 38.0 Å². The highest BCUT2D eigenvalue weighted by Crippen LogP contribution is 2.15. The Morgan fingerprint density at radius 2 is 1.53 bits per heavy atom. The molecule has 0 amide bonds. The third kappa shape index (κ3) is 4.37. The Kier molecular flexibility index (Phi) is 6.85. The molecule has 0 aliphatic rings. The Morgan fingerprint density at radius 1 is 1.07 bits per heavy atom. The van der Waals surface area contributed by atoms with Crippen LogP contribution in [0, 0.1) is 0 Å². The van der Waals surface area contributed by atoms with Gasteiger partial charge in [-0.1, -0.05) is 32.9 Å². The van der Waals surface area contributed by atoms with Gasteiger partial charge in [0, 0.05) is 18.8 Å². The third-order valence-electron chi connectivity index (χ3n) is 2.53. The smallest absolute Gasteiger partial charge is 0.0366 e. The van der Waals surface area contributed by atoms with Crippen LogP contribution in [0.25, 0.3) is 0 Å². The first-order chi connectivity index (χ1) is 7.15. The summed E-state index contributed by atoms with van der Waals surface area (Å²) in [6.45, 7) is 10.6. The predicted molar refractivity (Wildman–Crippen MR) is 70.7 cm³/mol. The molecule has 0 saturated heterocycles. The first kappa shape index (κ1) is 14.0. The molecule has 15 heavy (non-hydrogen) atoms. The van der Waals surface area contributed by atoms with E-state index in [1.807, 2.05) is 13.8 Å². The van der Waals surface area contributed by atoms with Crippen LogP contribution in [0.15, 0.2) is 24.3 Å². The van der Waals surface area contributed by atoms with Gasteiger partial charge in [0.05, 0.1) is 0 Å². The van der Waals surface area contributed by atoms with E-state index >= 15 is 0 Å². The van der Waals surface area contributed by atoms with E-state index < -0.39 is 0 Å². The number of aryl methyl sites for hydroxylation is 1. The Morgan fingerprint density at radius 3 is 1.87 bits per heavy atom. The lowest BCUT2D eigenvalue weighted by atomic mass is 10.1. The second-order valence-electron chi connectivity index (χ2n) is 3.72. The average molecular weight is 207 g/mol. The van der Waals surface area contributed by atoms with Crippen LogP contribution >= 0.6 is 0 Å². The van der Waals surface area contributed by atoms with Crippen LogP contribution in [-0.4, -0.2) is 13.1 Å². The molecule has 0 spiro atoms. The highest BCUT2D eigenvalue weighted by atomic mass is 15.1. The van der Waals surface area contributed by atoms with Gasteiger partial charge in [-0.15, -0.1) is 0 Å². The molecule has 86 valence electrons. The minimum Gasteiger partial charge on any atom is -0.372 e. The average Bonchev–Trinajstić information content (AvgIpc) is 2.31. The van der Waals surface area contributed by atoms with Crippen LogP contribution in [-0.2, 0) is 6.42 Å². The summed E-state index contributed by atoms with van der Waals surface area (Å²) in [6.07, 6.45) is 1.12. The van der Waals surface area contributed by atoms with E-state index in [2.05, 4.69) is 57.0 Å². The lowest BCUT2D eigenvalue weighted by molar-refractivity contribution is 0.754. The molecule has 1 nitrogen and oxygen atoms in total. The molecule has 0 heterocycles. The highest BCUT2D eigenvalue weighted by Gasteiger charge is 2.03. The van der Waals surface area contributed by atoms with Crippen LogP contribution in [0.1, 0.15) is 40.2 Å². The molecule has 1 aromatic carbocycles. The van der Waals surface area contributed by atoms with E-state index in [4.69, 9.17) is 0 Å². The molecular formula is C14H25N. The van der Waals surface area contributed by atoms with Gasteiger partial charge in [-0.25, -0.2) is 0 Å². The van der Waals surface area contributed by atoms with Crippen LogP contribution in [0.5, 0.6) is 0 Å². The van der Waals surface area contributed by atoms with Crippen LogP contribution in [0.2, 0.25) is 0 Å². The van der Waals surface area contributed by atoms with E-state index in [1.54, 1.807) is 0 Å². The summed E-state index contributed by atoms with van der Waals surface area (Å²) in [6, 6.07) is 9.35. The number of anilines is 1. The molecule has 0 bridgehead atoms. The largest absolute Gasteiger partial charge is 0.372 e. The second kappa shape index (κ2) is 7.33. The fraction of sp³-hybridized carbons (Fsp3) is 0.571. The summed E-state index contributed by atoms with van der Waals surface area (Å²) < 4.78 is 0. The van der Waals surface area contributed by atoms with Crippen molar-refractivity contribution in [3.05, 3.63) is 29.8 Å². The summed E-state index contributed by atoms with van der Waals surface area (Å²) in [5.74, 6) is 0. The zero-order valence-corrected chi connectivity index (χ0v) is 11.0. The van der Waals surface area contributed by atoms with Crippen molar-refractivity contribution in [3.8, 4) is 0 Å². The molecule has 0 radical (unpaired) electrons. The molecule has 0 unspecified atom stereocenters. The maximum atomic E-state index is 2.28. The number of rotatable bonds is 3. The number of nitrogens with zero attached hydrogens (tertiary/aromatic N) is 1. The lowest BCUT2D eigenvalue weighted by Crippen LogP contribution is -2.25. The monoisotopic (exact) mass is 207 g/mol. The lowest BCUT2D eigenvalue weighted by Gasteiger charge is -2.23. The zero-order valence-electron chi connectivity index (χ0n) is 11.0. The van der Waals surface area contributed by atoms with Crippen molar-refractivity contribution >= 4 is 5.69 Å². The van der Waals surface area contributed by atoms with Gasteiger partial charge in [0.15, 0.2) is 0 Å². The van der Waals surface area contributed by atoms with Crippen LogP contribution < -0.4 is 4.90 Å². The highest BCUT2D eigenvalue weighted by molar-refractivity contribution is 5.47. The Bertz CT molecular complexity index is 249. The number of benzene rings is 1. The van der Waals surface area contributed by atoms with Crippen LogP contribution in [0.3, 0.4) is 0 Å². The first-order valence-corrected chi connectivity index (χ1v) is 5.97. The maximum Gasteiger partial charge on any atom is 0.0366 e. The van der Waals surface area contributed by atoms with Gasteiger partial charge in [0.25, 0.3) is 0 Å². The van der Waals surface area contributed by atoms with Crippen LogP contribution in [0.4, 0.5) is 5.69 Å². The van der Waals surface area contributed by atoms with Gasteiger partial charge in [0.2, 0.25) is 0 Å². The maximum absolute atomic E-state index is 2.28. The SMILES string of the molecule is CC.CCc1ccc(N(C)C(C)C)cc1.